The molecule has 0 radical (unpaired) electrons. The molecule has 46 heavy (non-hydrogen) atoms. The molecule has 3 aliphatic rings. The van der Waals surface area contributed by atoms with E-state index in [1.54, 1.807) is 0 Å². The number of hydrogen-bond donors (Lipinski definition) is 2. The number of halogens is 3. The second-order valence-electron chi connectivity index (χ2n) is 13.3. The number of hydrogen-bond acceptors (Lipinski definition) is 4. The number of carbonyl (C=O) groups excluding carboxylic acids is 2. The van der Waals surface area contributed by atoms with Gasteiger partial charge in [-0.3, -0.25) is 9.59 Å². The van der Waals surface area contributed by atoms with E-state index < -0.39 is 11.7 Å². The van der Waals surface area contributed by atoms with Crippen molar-refractivity contribution in [1.82, 2.24) is 10.2 Å². The van der Waals surface area contributed by atoms with Gasteiger partial charge in [0.1, 0.15) is 0 Å². The van der Waals surface area contributed by atoms with Crippen molar-refractivity contribution in [3.63, 3.8) is 0 Å². The Hall–Kier alpha value is -3.69. The van der Waals surface area contributed by atoms with Gasteiger partial charge >= 0.3 is 6.18 Å². The fourth-order valence-electron chi connectivity index (χ4n) is 6.65. The topological polar surface area (TPSA) is 84.7 Å². The summed E-state index contributed by atoms with van der Waals surface area (Å²) in [6.07, 6.45) is -0.273. The van der Waals surface area contributed by atoms with Crippen LogP contribution in [-0.4, -0.2) is 49.1 Å². The molecule has 6 rings (SSSR count). The minimum absolute atomic E-state index is 0.0263. The third-order valence-electron chi connectivity index (χ3n) is 9.99. The molecule has 2 saturated heterocycles. The average Bonchev–Trinajstić information content (AvgIpc) is 3.89. The van der Waals surface area contributed by atoms with Crippen molar-refractivity contribution in [3.8, 4) is 11.1 Å². The van der Waals surface area contributed by atoms with Gasteiger partial charge in [0, 0.05) is 43.1 Å². The van der Waals surface area contributed by atoms with Crippen LogP contribution in [0.5, 0.6) is 0 Å². The molecule has 3 N–H and O–H groups in total. The SMILES string of the molecule is CC(NC(=O)c1cc(C2CC2)cc(C2CCCN(C(=O)C3COC3)C2)c1)C(C)c1ccc(-c2cc(C(F)(F)F)ccc2CN)cc1. The van der Waals surface area contributed by atoms with E-state index in [0.717, 1.165) is 55.5 Å². The number of alkyl halides is 3. The van der Waals surface area contributed by atoms with E-state index in [1.165, 1.54) is 11.6 Å². The molecule has 3 fully saturated rings. The largest absolute Gasteiger partial charge is 0.416 e. The number of nitrogens with one attached hydrogen (secondary N) is 1. The Morgan fingerprint density at radius 3 is 2.26 bits per heavy atom. The lowest BCUT2D eigenvalue weighted by Gasteiger charge is -2.37. The summed E-state index contributed by atoms with van der Waals surface area (Å²) in [6.45, 7) is 6.58. The zero-order chi connectivity index (χ0) is 32.6. The van der Waals surface area contributed by atoms with Crippen molar-refractivity contribution >= 4 is 11.8 Å². The van der Waals surface area contributed by atoms with Crippen LogP contribution in [0.1, 0.15) is 95.5 Å². The first kappa shape index (κ1) is 32.3. The first-order valence-corrected chi connectivity index (χ1v) is 16.3. The molecule has 1 saturated carbocycles. The first-order valence-electron chi connectivity index (χ1n) is 16.3. The lowest BCUT2D eigenvalue weighted by molar-refractivity contribution is -0.151. The second kappa shape index (κ2) is 13.2. The second-order valence-corrected chi connectivity index (χ2v) is 13.3. The van der Waals surface area contributed by atoms with E-state index in [4.69, 9.17) is 10.5 Å². The minimum atomic E-state index is -4.44. The Bertz CT molecular complexity index is 1580. The van der Waals surface area contributed by atoms with Crippen LogP contribution >= 0.6 is 0 Å². The van der Waals surface area contributed by atoms with Crippen molar-refractivity contribution in [2.75, 3.05) is 26.3 Å². The van der Waals surface area contributed by atoms with Crippen LogP contribution in [0.3, 0.4) is 0 Å². The minimum Gasteiger partial charge on any atom is -0.380 e. The van der Waals surface area contributed by atoms with Gasteiger partial charge in [0.25, 0.3) is 5.91 Å². The third kappa shape index (κ3) is 7.00. The third-order valence-corrected chi connectivity index (χ3v) is 9.99. The zero-order valence-corrected chi connectivity index (χ0v) is 26.4. The molecule has 0 spiro atoms. The molecule has 3 unspecified atom stereocenters. The molecule has 6 nitrogen and oxygen atoms in total. The van der Waals surface area contributed by atoms with E-state index in [2.05, 4.69) is 11.4 Å². The highest BCUT2D eigenvalue weighted by atomic mass is 19.4. The molecule has 244 valence electrons. The maximum absolute atomic E-state index is 13.7. The van der Waals surface area contributed by atoms with Crippen LogP contribution in [0.15, 0.2) is 60.7 Å². The highest BCUT2D eigenvalue weighted by Crippen LogP contribution is 2.42. The normalized spacial score (nSPS) is 20.1. The molecule has 0 bridgehead atoms. The monoisotopic (exact) mass is 633 g/mol. The maximum Gasteiger partial charge on any atom is 0.416 e. The first-order chi connectivity index (χ1) is 22.0. The molecule has 9 heteroatoms. The summed E-state index contributed by atoms with van der Waals surface area (Å²) < 4.78 is 45.4. The van der Waals surface area contributed by atoms with Crippen molar-refractivity contribution in [2.24, 2.45) is 11.7 Å². The highest BCUT2D eigenvalue weighted by molar-refractivity contribution is 5.95. The van der Waals surface area contributed by atoms with Gasteiger partial charge in [-0.25, -0.2) is 0 Å². The lowest BCUT2D eigenvalue weighted by Crippen LogP contribution is -2.48. The smallest absolute Gasteiger partial charge is 0.380 e. The summed E-state index contributed by atoms with van der Waals surface area (Å²) in [5, 5.41) is 3.20. The molecule has 3 atom stereocenters. The Morgan fingerprint density at radius 1 is 0.957 bits per heavy atom. The van der Waals surface area contributed by atoms with Gasteiger partial charge in [-0.1, -0.05) is 43.3 Å². The van der Waals surface area contributed by atoms with Gasteiger partial charge in [-0.2, -0.15) is 13.2 Å². The summed E-state index contributed by atoms with van der Waals surface area (Å²) in [4.78, 5) is 28.6. The summed E-state index contributed by atoms with van der Waals surface area (Å²) in [5.41, 5.74) is 10.8. The molecule has 2 amide bonds. The van der Waals surface area contributed by atoms with Gasteiger partial charge in [-0.15, -0.1) is 0 Å². The molecule has 2 aliphatic heterocycles. The number of rotatable bonds is 9. The molecule has 0 aromatic heterocycles. The van der Waals surface area contributed by atoms with E-state index in [1.807, 2.05) is 55.1 Å². The van der Waals surface area contributed by atoms with Crippen LogP contribution < -0.4 is 11.1 Å². The van der Waals surface area contributed by atoms with Crippen molar-refractivity contribution in [1.29, 1.82) is 0 Å². The molecule has 2 heterocycles. The van der Waals surface area contributed by atoms with Crippen LogP contribution in [-0.2, 0) is 22.3 Å². The molecule has 1 aliphatic carbocycles. The Kier molecular flexibility index (Phi) is 9.26. The van der Waals surface area contributed by atoms with E-state index in [-0.39, 0.29) is 42.2 Å². The number of amides is 2. The summed E-state index contributed by atoms with van der Waals surface area (Å²) >= 11 is 0. The molecular formula is C37H42F3N3O3. The van der Waals surface area contributed by atoms with E-state index in [0.29, 0.717) is 47.9 Å². The quantitative estimate of drug-likeness (QED) is 0.266. The molecule has 3 aromatic rings. The summed E-state index contributed by atoms with van der Waals surface area (Å²) in [7, 11) is 0. The van der Waals surface area contributed by atoms with Crippen molar-refractivity contribution in [3.05, 3.63) is 94.0 Å². The van der Waals surface area contributed by atoms with Crippen LogP contribution in [0.4, 0.5) is 13.2 Å². The molecule has 3 aromatic carbocycles. The van der Waals surface area contributed by atoms with Crippen LogP contribution in [0.2, 0.25) is 0 Å². The average molecular weight is 634 g/mol. The Balaban J connectivity index is 1.16. The highest BCUT2D eigenvalue weighted by Gasteiger charge is 2.35. The zero-order valence-electron chi connectivity index (χ0n) is 26.4. The van der Waals surface area contributed by atoms with Crippen LogP contribution in [0, 0.1) is 5.92 Å². The molecular weight excluding hydrogens is 591 g/mol. The Labute approximate surface area is 268 Å². The van der Waals surface area contributed by atoms with Gasteiger partial charge in [0.15, 0.2) is 0 Å². The fourth-order valence-corrected chi connectivity index (χ4v) is 6.65. The number of nitrogens with zero attached hydrogens (tertiary/aromatic N) is 1. The standard InChI is InChI=1S/C37H42F3N3O3/c1-22(24-5-9-26(10-6-24)34-17-33(37(38,39)40)12-11-27(34)18-41)23(2)42-35(44)31-15-29(25-7-8-25)14-30(16-31)28-4-3-13-43(19-28)36(45)32-20-46-21-32/h5-6,9-12,14-17,22-23,25,28,32H,3-4,7-8,13,18-21,41H2,1-2H3,(H,42,44). The predicted octanol–water partition coefficient (Wildman–Crippen LogP) is 6.98. The van der Waals surface area contributed by atoms with E-state index in [9.17, 15) is 22.8 Å². The van der Waals surface area contributed by atoms with Gasteiger partial charge < -0.3 is 20.7 Å². The van der Waals surface area contributed by atoms with Crippen molar-refractivity contribution in [2.45, 2.75) is 76.0 Å². The van der Waals surface area contributed by atoms with E-state index >= 15 is 0 Å². The van der Waals surface area contributed by atoms with Crippen LogP contribution in [0.25, 0.3) is 11.1 Å². The predicted molar refractivity (Wildman–Crippen MR) is 171 cm³/mol. The van der Waals surface area contributed by atoms with Gasteiger partial charge in [-0.05, 0) is 96.2 Å². The number of likely N-dealkylation sites (tertiary alicyclic amines) is 1. The Morgan fingerprint density at radius 2 is 1.65 bits per heavy atom. The van der Waals surface area contributed by atoms with Gasteiger partial charge in [0.2, 0.25) is 5.91 Å². The maximum atomic E-state index is 13.7. The van der Waals surface area contributed by atoms with Crippen molar-refractivity contribution < 1.29 is 27.5 Å². The number of ether oxygens (including phenoxy) is 1. The number of piperidine rings is 1. The van der Waals surface area contributed by atoms with Gasteiger partial charge in [0.05, 0.1) is 24.7 Å². The lowest BCUT2D eigenvalue weighted by atomic mass is 9.87. The summed E-state index contributed by atoms with van der Waals surface area (Å²) in [5.74, 6) is 0.640. The fraction of sp³-hybridized carbons (Fsp3) is 0.459. The number of nitrogens with two attached hydrogens (primary N) is 1. The number of benzene rings is 3. The summed E-state index contributed by atoms with van der Waals surface area (Å²) in [6, 6.07) is 17.2. The number of carbonyl (C=O) groups is 2.